The van der Waals surface area contributed by atoms with E-state index in [4.69, 9.17) is 16.3 Å². The zero-order chi connectivity index (χ0) is 22.5. The van der Waals surface area contributed by atoms with Gasteiger partial charge in [0.05, 0.1) is 20.5 Å². The number of aryl methyl sites for hydroxylation is 1. The molecule has 0 saturated carbocycles. The van der Waals surface area contributed by atoms with Gasteiger partial charge in [-0.15, -0.1) is 0 Å². The Balaban J connectivity index is 1.90. The quantitative estimate of drug-likeness (QED) is 0.366. The first-order valence-electron chi connectivity index (χ1n) is 8.43. The normalized spacial score (nSPS) is 11.2. The monoisotopic (exact) mass is 455 g/mol. The molecule has 1 N–H and O–H groups in total. The van der Waals surface area contributed by atoms with Crippen LogP contribution < -0.4 is 5.32 Å². The number of esters is 1. The van der Waals surface area contributed by atoms with E-state index >= 15 is 0 Å². The van der Waals surface area contributed by atoms with Crippen LogP contribution in [0.5, 0.6) is 0 Å². The van der Waals surface area contributed by atoms with Gasteiger partial charge in [-0.2, -0.15) is 4.31 Å². The van der Waals surface area contributed by atoms with Gasteiger partial charge in [0.1, 0.15) is 6.54 Å². The molecule has 2 rings (SSSR count). The number of carbonyl (C=O) groups is 2. The molecule has 0 aliphatic carbocycles. The second-order valence-electron chi connectivity index (χ2n) is 6.20. The summed E-state index contributed by atoms with van der Waals surface area (Å²) in [6, 6.07) is 9.57. The zero-order valence-corrected chi connectivity index (χ0v) is 17.6. The second kappa shape index (κ2) is 9.65. The number of hydrogen-bond acceptors (Lipinski definition) is 7. The molecule has 0 aliphatic heterocycles. The highest BCUT2D eigenvalue weighted by atomic mass is 35.5. The van der Waals surface area contributed by atoms with Gasteiger partial charge in [0, 0.05) is 19.2 Å². The highest BCUT2D eigenvalue weighted by Crippen LogP contribution is 2.26. The molecule has 30 heavy (non-hydrogen) atoms. The first kappa shape index (κ1) is 23.3. The number of anilines is 1. The Morgan fingerprint density at radius 2 is 1.83 bits per heavy atom. The van der Waals surface area contributed by atoms with E-state index in [1.54, 1.807) is 12.1 Å². The van der Waals surface area contributed by atoms with Crippen LogP contribution in [0.2, 0.25) is 5.02 Å². The van der Waals surface area contributed by atoms with Gasteiger partial charge in [0.25, 0.3) is 11.6 Å². The molecule has 160 valence electrons. The molecule has 1 amide bonds. The number of amides is 1. The van der Waals surface area contributed by atoms with Crippen molar-refractivity contribution in [3.8, 4) is 0 Å². The lowest BCUT2D eigenvalue weighted by molar-refractivity contribution is -0.384. The third-order valence-electron chi connectivity index (χ3n) is 3.88. The number of nitro groups is 1. The molecular formula is C18H18ClN3O7S. The number of nitrogens with one attached hydrogen (secondary N) is 1. The smallest absolute Gasteiger partial charge is 0.321 e. The maximum atomic E-state index is 12.4. The highest BCUT2D eigenvalue weighted by Gasteiger charge is 2.24. The fraction of sp³-hybridized carbons (Fsp3) is 0.222. The van der Waals surface area contributed by atoms with Crippen molar-refractivity contribution in [3.63, 3.8) is 0 Å². The van der Waals surface area contributed by atoms with Crippen molar-refractivity contribution in [1.82, 2.24) is 4.31 Å². The summed E-state index contributed by atoms with van der Waals surface area (Å²) in [4.78, 5) is 33.9. The summed E-state index contributed by atoms with van der Waals surface area (Å²) in [5.41, 5.74) is 0.736. The fourth-order valence-electron chi connectivity index (χ4n) is 2.25. The van der Waals surface area contributed by atoms with Crippen molar-refractivity contribution in [1.29, 1.82) is 0 Å². The Bertz CT molecular complexity index is 1070. The predicted octanol–water partition coefficient (Wildman–Crippen LogP) is 2.36. The zero-order valence-electron chi connectivity index (χ0n) is 16.0. The molecule has 2 aromatic rings. The molecule has 0 unspecified atom stereocenters. The summed E-state index contributed by atoms with van der Waals surface area (Å²) in [5.74, 6) is -1.68. The van der Waals surface area contributed by atoms with Crippen molar-refractivity contribution >= 4 is 44.9 Å². The van der Waals surface area contributed by atoms with Crippen molar-refractivity contribution in [2.75, 3.05) is 25.5 Å². The highest BCUT2D eigenvalue weighted by molar-refractivity contribution is 7.89. The van der Waals surface area contributed by atoms with Crippen LogP contribution in [0.3, 0.4) is 0 Å². The number of nitrogens with zero attached hydrogens (tertiary/aromatic N) is 2. The Morgan fingerprint density at radius 3 is 2.40 bits per heavy atom. The van der Waals surface area contributed by atoms with E-state index in [1.165, 1.54) is 25.2 Å². The molecule has 2 aromatic carbocycles. The topological polar surface area (TPSA) is 136 Å². The first-order valence-corrected chi connectivity index (χ1v) is 10.2. The lowest BCUT2D eigenvalue weighted by Crippen LogP contribution is -2.34. The van der Waals surface area contributed by atoms with E-state index in [9.17, 15) is 28.1 Å². The number of rotatable bonds is 8. The standard InChI is InChI=1S/C18H18ClN3O7S/c1-12-3-6-14(7-4-12)30(27,28)21(2)10-18(24)29-11-17(23)20-16-8-5-13(22(25)26)9-15(16)19/h3-9H,10-11H2,1-2H3,(H,20,23). The van der Waals surface area contributed by atoms with Gasteiger partial charge in [0.2, 0.25) is 10.0 Å². The van der Waals surface area contributed by atoms with Crippen LogP contribution in [0.15, 0.2) is 47.4 Å². The number of likely N-dealkylation sites (N-methyl/N-ethyl adjacent to an activating group) is 1. The second-order valence-corrected chi connectivity index (χ2v) is 8.66. The molecule has 0 atom stereocenters. The van der Waals surface area contributed by atoms with E-state index < -0.39 is 40.0 Å². The third-order valence-corrected chi connectivity index (χ3v) is 6.01. The number of carbonyl (C=O) groups excluding carboxylic acids is 2. The number of non-ortho nitro benzene ring substituents is 1. The van der Waals surface area contributed by atoms with E-state index in [0.717, 1.165) is 22.0 Å². The third kappa shape index (κ3) is 5.99. The lowest BCUT2D eigenvalue weighted by atomic mass is 10.2. The van der Waals surface area contributed by atoms with E-state index in [0.29, 0.717) is 0 Å². The van der Waals surface area contributed by atoms with Crippen LogP contribution >= 0.6 is 11.6 Å². The average Bonchev–Trinajstić information content (AvgIpc) is 2.68. The van der Waals surface area contributed by atoms with Crippen molar-refractivity contribution in [2.24, 2.45) is 0 Å². The van der Waals surface area contributed by atoms with Gasteiger partial charge in [-0.1, -0.05) is 29.3 Å². The maximum absolute atomic E-state index is 12.4. The van der Waals surface area contributed by atoms with E-state index in [-0.39, 0.29) is 21.3 Å². The minimum absolute atomic E-state index is 0.0222. The fourth-order valence-corrected chi connectivity index (χ4v) is 3.59. The van der Waals surface area contributed by atoms with Crippen molar-refractivity contribution in [2.45, 2.75) is 11.8 Å². The van der Waals surface area contributed by atoms with E-state index in [2.05, 4.69) is 5.32 Å². The largest absolute Gasteiger partial charge is 0.455 e. The van der Waals surface area contributed by atoms with Gasteiger partial charge in [-0.25, -0.2) is 8.42 Å². The first-order chi connectivity index (χ1) is 14.0. The number of halogens is 1. The molecule has 0 radical (unpaired) electrons. The summed E-state index contributed by atoms with van der Waals surface area (Å²) >= 11 is 5.87. The SMILES string of the molecule is Cc1ccc(S(=O)(=O)N(C)CC(=O)OCC(=O)Nc2ccc([N+](=O)[O-])cc2Cl)cc1. The molecular weight excluding hydrogens is 438 g/mol. The molecule has 0 aliphatic rings. The Morgan fingerprint density at radius 1 is 1.20 bits per heavy atom. The molecule has 0 heterocycles. The summed E-state index contributed by atoms with van der Waals surface area (Å²) < 4.78 is 30.5. The molecule has 0 bridgehead atoms. The van der Waals surface area contributed by atoms with Gasteiger partial charge in [0.15, 0.2) is 6.61 Å². The number of sulfonamides is 1. The van der Waals surface area contributed by atoms with Gasteiger partial charge < -0.3 is 10.1 Å². The van der Waals surface area contributed by atoms with Crippen LogP contribution in [0, 0.1) is 17.0 Å². The number of ether oxygens (including phenoxy) is 1. The minimum atomic E-state index is -3.90. The molecule has 0 aromatic heterocycles. The van der Waals surface area contributed by atoms with Crippen LogP contribution in [0.25, 0.3) is 0 Å². The van der Waals surface area contributed by atoms with Gasteiger partial charge >= 0.3 is 5.97 Å². The number of benzene rings is 2. The Labute approximate surface area is 177 Å². The van der Waals surface area contributed by atoms with Crippen LogP contribution in [0.4, 0.5) is 11.4 Å². The molecule has 12 heteroatoms. The van der Waals surface area contributed by atoms with E-state index in [1.807, 2.05) is 6.92 Å². The predicted molar refractivity (Wildman–Crippen MR) is 109 cm³/mol. The molecule has 0 saturated heterocycles. The lowest BCUT2D eigenvalue weighted by Gasteiger charge is -2.16. The average molecular weight is 456 g/mol. The van der Waals surface area contributed by atoms with Gasteiger partial charge in [-0.3, -0.25) is 19.7 Å². The minimum Gasteiger partial charge on any atom is -0.455 e. The molecule has 0 spiro atoms. The summed E-state index contributed by atoms with van der Waals surface area (Å²) in [7, 11) is -2.68. The summed E-state index contributed by atoms with van der Waals surface area (Å²) in [5, 5.41) is 13.0. The van der Waals surface area contributed by atoms with Crippen molar-refractivity contribution < 1.29 is 27.7 Å². The van der Waals surface area contributed by atoms with Crippen LogP contribution in [-0.4, -0.2) is 49.7 Å². The van der Waals surface area contributed by atoms with Crippen molar-refractivity contribution in [3.05, 3.63) is 63.2 Å². The van der Waals surface area contributed by atoms with Crippen LogP contribution in [0.1, 0.15) is 5.56 Å². The Kier molecular flexibility index (Phi) is 7.48. The number of nitro benzene ring substituents is 1. The summed E-state index contributed by atoms with van der Waals surface area (Å²) in [6.07, 6.45) is 0. The van der Waals surface area contributed by atoms with Crippen LogP contribution in [-0.2, 0) is 24.3 Å². The molecule has 10 nitrogen and oxygen atoms in total. The van der Waals surface area contributed by atoms with Gasteiger partial charge in [-0.05, 0) is 25.1 Å². The maximum Gasteiger partial charge on any atom is 0.321 e. The summed E-state index contributed by atoms with van der Waals surface area (Å²) in [6.45, 7) is 0.527. The Hall–Kier alpha value is -3.02. The molecule has 0 fully saturated rings. The number of hydrogen-bond donors (Lipinski definition) is 1.